The summed E-state index contributed by atoms with van der Waals surface area (Å²) in [6.07, 6.45) is 0. The normalized spacial score (nSPS) is 10.3. The Hall–Kier alpha value is -1.81. The Morgan fingerprint density at radius 1 is 1.33 bits per heavy atom. The quantitative estimate of drug-likeness (QED) is 0.920. The number of nitrogens with zero attached hydrogens (tertiary/aromatic N) is 1. The van der Waals surface area contributed by atoms with E-state index in [1.165, 1.54) is 11.3 Å². The number of amides is 1. The number of nitrogens with two attached hydrogens (primary N) is 1. The highest BCUT2D eigenvalue weighted by molar-refractivity contribution is 7.12. The molecule has 0 saturated carbocycles. The largest absolute Gasteiger partial charge is 0.397 e. The second kappa shape index (κ2) is 5.23. The molecule has 2 rings (SSSR count). The standard InChI is InChI=1S/C14H16N2OS/c1-3-16(12-7-5-4-6-10(12)2)14(17)13-11(15)8-9-18-13/h4-9H,3,15H2,1-2H3. The number of rotatable bonds is 3. The number of thiophene rings is 1. The van der Waals surface area contributed by atoms with E-state index >= 15 is 0 Å². The lowest BCUT2D eigenvalue weighted by Gasteiger charge is -2.22. The lowest BCUT2D eigenvalue weighted by atomic mass is 10.1. The third-order valence-corrected chi connectivity index (χ3v) is 3.78. The highest BCUT2D eigenvalue weighted by atomic mass is 32.1. The number of para-hydroxylation sites is 1. The molecule has 2 N–H and O–H groups in total. The fraction of sp³-hybridized carbons (Fsp3) is 0.214. The van der Waals surface area contributed by atoms with Crippen molar-refractivity contribution in [3.8, 4) is 0 Å². The maximum absolute atomic E-state index is 12.5. The van der Waals surface area contributed by atoms with Gasteiger partial charge < -0.3 is 10.6 Å². The number of carbonyl (C=O) groups excluding carboxylic acids is 1. The molecule has 3 nitrogen and oxygen atoms in total. The molecule has 0 bridgehead atoms. The molecule has 0 aliphatic rings. The first-order chi connectivity index (χ1) is 8.65. The van der Waals surface area contributed by atoms with Gasteiger partial charge in [0, 0.05) is 12.2 Å². The average Bonchev–Trinajstić information content (AvgIpc) is 2.78. The van der Waals surface area contributed by atoms with Crippen LogP contribution in [0.2, 0.25) is 0 Å². The van der Waals surface area contributed by atoms with Gasteiger partial charge in [0.25, 0.3) is 5.91 Å². The van der Waals surface area contributed by atoms with Gasteiger partial charge in [0.2, 0.25) is 0 Å². The van der Waals surface area contributed by atoms with Crippen LogP contribution in [0.1, 0.15) is 22.2 Å². The predicted octanol–water partition coefficient (Wildman–Crippen LogP) is 3.31. The van der Waals surface area contributed by atoms with Crippen molar-refractivity contribution in [2.75, 3.05) is 17.2 Å². The number of anilines is 2. The van der Waals surface area contributed by atoms with Gasteiger partial charge in [-0.1, -0.05) is 18.2 Å². The van der Waals surface area contributed by atoms with Crippen molar-refractivity contribution < 1.29 is 4.79 Å². The fourth-order valence-electron chi connectivity index (χ4n) is 1.91. The third-order valence-electron chi connectivity index (χ3n) is 2.86. The van der Waals surface area contributed by atoms with Crippen molar-refractivity contribution in [1.82, 2.24) is 0 Å². The molecule has 1 aromatic carbocycles. The van der Waals surface area contributed by atoms with Gasteiger partial charge in [-0.15, -0.1) is 11.3 Å². The van der Waals surface area contributed by atoms with Crippen LogP contribution in [0, 0.1) is 6.92 Å². The summed E-state index contributed by atoms with van der Waals surface area (Å²) in [5.74, 6) is -0.0284. The molecule has 0 atom stereocenters. The van der Waals surface area contributed by atoms with Gasteiger partial charge >= 0.3 is 0 Å². The van der Waals surface area contributed by atoms with Gasteiger partial charge in [0.15, 0.2) is 0 Å². The molecule has 1 aromatic heterocycles. The highest BCUT2D eigenvalue weighted by Crippen LogP contribution is 2.26. The number of aryl methyl sites for hydroxylation is 1. The van der Waals surface area contributed by atoms with Crippen molar-refractivity contribution in [2.45, 2.75) is 13.8 Å². The third kappa shape index (κ3) is 2.24. The van der Waals surface area contributed by atoms with E-state index < -0.39 is 0 Å². The van der Waals surface area contributed by atoms with E-state index in [1.807, 2.05) is 43.5 Å². The van der Waals surface area contributed by atoms with Crippen LogP contribution in [0.25, 0.3) is 0 Å². The molecule has 1 amide bonds. The second-order valence-corrected chi connectivity index (χ2v) is 4.96. The zero-order chi connectivity index (χ0) is 13.1. The van der Waals surface area contributed by atoms with E-state index in [4.69, 9.17) is 5.73 Å². The second-order valence-electron chi connectivity index (χ2n) is 4.04. The van der Waals surface area contributed by atoms with E-state index in [0.717, 1.165) is 11.3 Å². The van der Waals surface area contributed by atoms with Crippen LogP contribution in [0.4, 0.5) is 11.4 Å². The van der Waals surface area contributed by atoms with Crippen LogP contribution in [0.15, 0.2) is 35.7 Å². The predicted molar refractivity (Wildman–Crippen MR) is 77.3 cm³/mol. The molecule has 0 spiro atoms. The minimum Gasteiger partial charge on any atom is -0.397 e. The number of nitrogen functional groups attached to an aromatic ring is 1. The topological polar surface area (TPSA) is 46.3 Å². The van der Waals surface area contributed by atoms with E-state index in [2.05, 4.69) is 0 Å². The maximum atomic E-state index is 12.5. The van der Waals surface area contributed by atoms with Gasteiger partial charge in [-0.2, -0.15) is 0 Å². The Balaban J connectivity index is 2.39. The van der Waals surface area contributed by atoms with Crippen LogP contribution < -0.4 is 10.6 Å². The first kappa shape index (κ1) is 12.6. The molecule has 0 aliphatic carbocycles. The van der Waals surface area contributed by atoms with Gasteiger partial charge in [-0.25, -0.2) is 0 Å². The molecule has 0 fully saturated rings. The Morgan fingerprint density at radius 3 is 2.61 bits per heavy atom. The van der Waals surface area contributed by atoms with Crippen LogP contribution in [-0.4, -0.2) is 12.5 Å². The lowest BCUT2D eigenvalue weighted by Crippen LogP contribution is -2.31. The van der Waals surface area contributed by atoms with Gasteiger partial charge in [-0.3, -0.25) is 4.79 Å². The van der Waals surface area contributed by atoms with Crippen LogP contribution >= 0.6 is 11.3 Å². The summed E-state index contributed by atoms with van der Waals surface area (Å²) in [6.45, 7) is 4.60. The van der Waals surface area contributed by atoms with Crippen molar-refractivity contribution in [3.05, 3.63) is 46.2 Å². The molecule has 4 heteroatoms. The summed E-state index contributed by atoms with van der Waals surface area (Å²) in [6, 6.07) is 9.64. The zero-order valence-corrected chi connectivity index (χ0v) is 11.3. The Kier molecular flexibility index (Phi) is 3.67. The average molecular weight is 260 g/mol. The monoisotopic (exact) mass is 260 g/mol. The van der Waals surface area contributed by atoms with Crippen LogP contribution in [0.3, 0.4) is 0 Å². The smallest absolute Gasteiger partial charge is 0.270 e. The van der Waals surface area contributed by atoms with E-state index in [0.29, 0.717) is 17.1 Å². The van der Waals surface area contributed by atoms with Crippen LogP contribution in [0.5, 0.6) is 0 Å². The first-order valence-electron chi connectivity index (χ1n) is 5.85. The maximum Gasteiger partial charge on any atom is 0.270 e. The lowest BCUT2D eigenvalue weighted by molar-refractivity contribution is 0.0993. The van der Waals surface area contributed by atoms with Gasteiger partial charge in [0.05, 0.1) is 5.69 Å². The Morgan fingerprint density at radius 2 is 2.06 bits per heavy atom. The summed E-state index contributed by atoms with van der Waals surface area (Å²) in [5.41, 5.74) is 8.39. The Bertz CT molecular complexity index is 562. The molecule has 2 aromatic rings. The first-order valence-corrected chi connectivity index (χ1v) is 6.73. The molecule has 0 saturated heterocycles. The van der Waals surface area contributed by atoms with Crippen molar-refractivity contribution in [2.24, 2.45) is 0 Å². The van der Waals surface area contributed by atoms with Crippen molar-refractivity contribution >= 4 is 28.6 Å². The molecular weight excluding hydrogens is 244 g/mol. The van der Waals surface area contributed by atoms with Crippen molar-refractivity contribution in [3.63, 3.8) is 0 Å². The molecule has 94 valence electrons. The van der Waals surface area contributed by atoms with E-state index in [-0.39, 0.29) is 5.91 Å². The molecule has 0 unspecified atom stereocenters. The number of hydrogen-bond donors (Lipinski definition) is 1. The van der Waals surface area contributed by atoms with Crippen LogP contribution in [-0.2, 0) is 0 Å². The summed E-state index contributed by atoms with van der Waals surface area (Å²) in [4.78, 5) is 14.8. The summed E-state index contributed by atoms with van der Waals surface area (Å²) < 4.78 is 0. The molecule has 18 heavy (non-hydrogen) atoms. The molecule has 0 aliphatic heterocycles. The molecular formula is C14H16N2OS. The number of benzene rings is 1. The Labute approximate surface area is 111 Å². The summed E-state index contributed by atoms with van der Waals surface area (Å²) >= 11 is 1.39. The van der Waals surface area contributed by atoms with E-state index in [9.17, 15) is 4.79 Å². The van der Waals surface area contributed by atoms with E-state index in [1.54, 1.807) is 11.0 Å². The fourth-order valence-corrected chi connectivity index (χ4v) is 2.67. The summed E-state index contributed by atoms with van der Waals surface area (Å²) in [7, 11) is 0. The minimum atomic E-state index is -0.0284. The SMILES string of the molecule is CCN(C(=O)c1sccc1N)c1ccccc1C. The molecule has 1 heterocycles. The van der Waals surface area contributed by atoms with Crippen molar-refractivity contribution in [1.29, 1.82) is 0 Å². The highest BCUT2D eigenvalue weighted by Gasteiger charge is 2.20. The number of hydrogen-bond acceptors (Lipinski definition) is 3. The van der Waals surface area contributed by atoms with Gasteiger partial charge in [0.1, 0.15) is 4.88 Å². The minimum absolute atomic E-state index is 0.0284. The molecule has 0 radical (unpaired) electrons. The zero-order valence-electron chi connectivity index (χ0n) is 10.5. The summed E-state index contributed by atoms with van der Waals surface area (Å²) in [5, 5.41) is 1.84. The van der Waals surface area contributed by atoms with Gasteiger partial charge in [-0.05, 0) is 36.9 Å². The number of carbonyl (C=O) groups is 1.